The van der Waals surface area contributed by atoms with Gasteiger partial charge in [0.25, 0.3) is 5.91 Å². The zero-order chi connectivity index (χ0) is 12.0. The summed E-state index contributed by atoms with van der Waals surface area (Å²) in [5.74, 6) is -1.66. The number of carboxylic acid groups (broad SMARTS) is 1. The lowest BCUT2D eigenvalue weighted by Crippen LogP contribution is -2.40. The third-order valence-corrected chi connectivity index (χ3v) is 2.11. The Kier molecular flexibility index (Phi) is 5.93. The van der Waals surface area contributed by atoms with E-state index in [1.807, 2.05) is 6.92 Å². The van der Waals surface area contributed by atoms with Crippen LogP contribution < -0.4 is 0 Å². The number of ether oxygens (including phenoxy) is 1. The summed E-state index contributed by atoms with van der Waals surface area (Å²) in [6.07, 6.45) is -0.513. The van der Waals surface area contributed by atoms with Gasteiger partial charge in [0.15, 0.2) is 0 Å². The van der Waals surface area contributed by atoms with Gasteiger partial charge in [-0.05, 0) is 13.8 Å². The summed E-state index contributed by atoms with van der Waals surface area (Å²) >= 11 is 0. The molecule has 0 bridgehead atoms. The lowest BCUT2D eigenvalue weighted by molar-refractivity contribution is -0.145. The zero-order valence-corrected chi connectivity index (χ0v) is 9.69. The molecule has 0 rings (SSSR count). The van der Waals surface area contributed by atoms with Crippen LogP contribution in [0.15, 0.2) is 0 Å². The maximum absolute atomic E-state index is 11.6. The highest BCUT2D eigenvalue weighted by molar-refractivity contribution is 5.81. The molecule has 1 N–H and O–H groups in total. The van der Waals surface area contributed by atoms with E-state index in [1.165, 1.54) is 4.90 Å². The molecule has 0 saturated carbocycles. The first-order chi connectivity index (χ1) is 6.90. The molecule has 0 fully saturated rings. The Balaban J connectivity index is 4.14. The van der Waals surface area contributed by atoms with E-state index in [0.29, 0.717) is 6.61 Å². The third kappa shape index (κ3) is 4.78. The third-order valence-electron chi connectivity index (χ3n) is 2.11. The van der Waals surface area contributed by atoms with Crippen LogP contribution in [0.5, 0.6) is 0 Å². The van der Waals surface area contributed by atoms with Gasteiger partial charge >= 0.3 is 5.97 Å². The molecule has 0 spiro atoms. The maximum atomic E-state index is 11.6. The standard InChI is InChI=1S/C10H19NO4/c1-5-15-8(3)9(12)11(4)6-7(2)10(13)14/h7-8H,5-6H2,1-4H3,(H,13,14). The van der Waals surface area contributed by atoms with Gasteiger partial charge in [-0.3, -0.25) is 9.59 Å². The number of carbonyl (C=O) groups is 2. The average molecular weight is 217 g/mol. The smallest absolute Gasteiger partial charge is 0.308 e. The first-order valence-corrected chi connectivity index (χ1v) is 4.99. The number of amides is 1. The number of rotatable bonds is 6. The maximum Gasteiger partial charge on any atom is 0.308 e. The summed E-state index contributed by atoms with van der Waals surface area (Å²) in [7, 11) is 1.58. The minimum Gasteiger partial charge on any atom is -0.481 e. The molecule has 0 aliphatic rings. The highest BCUT2D eigenvalue weighted by Crippen LogP contribution is 2.02. The molecule has 0 aromatic rings. The van der Waals surface area contributed by atoms with Crippen molar-refractivity contribution in [2.75, 3.05) is 20.2 Å². The van der Waals surface area contributed by atoms with E-state index in [4.69, 9.17) is 9.84 Å². The quantitative estimate of drug-likeness (QED) is 0.707. The highest BCUT2D eigenvalue weighted by atomic mass is 16.5. The fraction of sp³-hybridized carbons (Fsp3) is 0.800. The zero-order valence-electron chi connectivity index (χ0n) is 9.69. The predicted octanol–water partition coefficient (Wildman–Crippen LogP) is 0.591. The molecule has 0 aromatic carbocycles. The molecule has 0 saturated heterocycles. The van der Waals surface area contributed by atoms with Gasteiger partial charge in [0.05, 0.1) is 5.92 Å². The fourth-order valence-corrected chi connectivity index (χ4v) is 1.21. The summed E-state index contributed by atoms with van der Waals surface area (Å²) < 4.78 is 5.13. The van der Waals surface area contributed by atoms with Crippen LogP contribution in [0.4, 0.5) is 0 Å². The second kappa shape index (κ2) is 6.40. The van der Waals surface area contributed by atoms with E-state index in [1.54, 1.807) is 20.9 Å². The van der Waals surface area contributed by atoms with Crippen molar-refractivity contribution in [1.82, 2.24) is 4.90 Å². The monoisotopic (exact) mass is 217 g/mol. The molecule has 0 heterocycles. The minimum atomic E-state index is -0.904. The van der Waals surface area contributed by atoms with Crippen molar-refractivity contribution in [3.05, 3.63) is 0 Å². The largest absolute Gasteiger partial charge is 0.481 e. The minimum absolute atomic E-state index is 0.190. The Morgan fingerprint density at radius 3 is 2.33 bits per heavy atom. The number of hydrogen-bond acceptors (Lipinski definition) is 3. The van der Waals surface area contributed by atoms with Gasteiger partial charge in [0.1, 0.15) is 6.10 Å². The first-order valence-electron chi connectivity index (χ1n) is 4.99. The highest BCUT2D eigenvalue weighted by Gasteiger charge is 2.21. The van der Waals surface area contributed by atoms with Crippen molar-refractivity contribution >= 4 is 11.9 Å². The number of likely N-dealkylation sites (N-methyl/N-ethyl adjacent to an activating group) is 1. The van der Waals surface area contributed by atoms with Crippen molar-refractivity contribution in [3.8, 4) is 0 Å². The van der Waals surface area contributed by atoms with Gasteiger partial charge < -0.3 is 14.7 Å². The molecule has 0 aliphatic heterocycles. The van der Waals surface area contributed by atoms with Gasteiger partial charge in [-0.25, -0.2) is 0 Å². The van der Waals surface area contributed by atoms with Crippen molar-refractivity contribution in [1.29, 1.82) is 0 Å². The van der Waals surface area contributed by atoms with Crippen LogP contribution in [0.25, 0.3) is 0 Å². The second-order valence-corrected chi connectivity index (χ2v) is 3.56. The van der Waals surface area contributed by atoms with E-state index in [0.717, 1.165) is 0 Å². The van der Waals surface area contributed by atoms with Crippen LogP contribution in [0.2, 0.25) is 0 Å². The number of nitrogens with zero attached hydrogens (tertiary/aromatic N) is 1. The van der Waals surface area contributed by atoms with Gasteiger partial charge in [-0.1, -0.05) is 6.92 Å². The molecular weight excluding hydrogens is 198 g/mol. The SMILES string of the molecule is CCOC(C)C(=O)N(C)CC(C)C(=O)O. The van der Waals surface area contributed by atoms with Crippen molar-refractivity contribution in [3.63, 3.8) is 0 Å². The molecule has 0 aliphatic carbocycles. The molecule has 0 aromatic heterocycles. The molecule has 15 heavy (non-hydrogen) atoms. The number of aliphatic carboxylic acids is 1. The Bertz CT molecular complexity index is 229. The Labute approximate surface area is 90.0 Å². The van der Waals surface area contributed by atoms with Crippen LogP contribution in [0, 0.1) is 5.92 Å². The summed E-state index contributed by atoms with van der Waals surface area (Å²) in [6, 6.07) is 0. The molecular formula is C10H19NO4. The number of carboxylic acids is 1. The molecule has 5 heteroatoms. The topological polar surface area (TPSA) is 66.8 Å². The van der Waals surface area contributed by atoms with Crippen LogP contribution >= 0.6 is 0 Å². The van der Waals surface area contributed by atoms with E-state index >= 15 is 0 Å². The molecule has 2 atom stereocenters. The lowest BCUT2D eigenvalue weighted by atomic mass is 10.1. The molecule has 2 unspecified atom stereocenters. The predicted molar refractivity (Wildman–Crippen MR) is 55.5 cm³/mol. The second-order valence-electron chi connectivity index (χ2n) is 3.56. The number of hydrogen-bond donors (Lipinski definition) is 1. The van der Waals surface area contributed by atoms with Crippen LogP contribution in [0.3, 0.4) is 0 Å². The van der Waals surface area contributed by atoms with E-state index in [-0.39, 0.29) is 12.5 Å². The Morgan fingerprint density at radius 2 is 1.93 bits per heavy atom. The molecule has 1 amide bonds. The van der Waals surface area contributed by atoms with Crippen molar-refractivity contribution in [2.24, 2.45) is 5.92 Å². The Morgan fingerprint density at radius 1 is 1.40 bits per heavy atom. The first kappa shape index (κ1) is 13.9. The van der Waals surface area contributed by atoms with E-state index in [2.05, 4.69) is 0 Å². The van der Waals surface area contributed by atoms with Crippen LogP contribution in [-0.4, -0.2) is 48.2 Å². The summed E-state index contributed by atoms with van der Waals surface area (Å²) in [5.41, 5.74) is 0. The Hall–Kier alpha value is -1.10. The summed E-state index contributed by atoms with van der Waals surface area (Å²) in [4.78, 5) is 23.6. The van der Waals surface area contributed by atoms with Gasteiger partial charge in [0, 0.05) is 20.2 Å². The van der Waals surface area contributed by atoms with E-state index in [9.17, 15) is 9.59 Å². The van der Waals surface area contributed by atoms with Gasteiger partial charge in [-0.2, -0.15) is 0 Å². The summed E-state index contributed by atoms with van der Waals surface area (Å²) in [6.45, 7) is 5.70. The molecule has 88 valence electrons. The van der Waals surface area contributed by atoms with Crippen molar-refractivity contribution < 1.29 is 19.4 Å². The average Bonchev–Trinajstić information content (AvgIpc) is 2.16. The lowest BCUT2D eigenvalue weighted by Gasteiger charge is -2.22. The van der Waals surface area contributed by atoms with Crippen molar-refractivity contribution in [2.45, 2.75) is 26.9 Å². The van der Waals surface area contributed by atoms with Crippen LogP contribution in [0.1, 0.15) is 20.8 Å². The molecule has 5 nitrogen and oxygen atoms in total. The normalized spacial score (nSPS) is 14.4. The number of carbonyl (C=O) groups excluding carboxylic acids is 1. The summed E-state index contributed by atoms with van der Waals surface area (Å²) in [5, 5.41) is 8.69. The van der Waals surface area contributed by atoms with Crippen LogP contribution in [-0.2, 0) is 14.3 Å². The van der Waals surface area contributed by atoms with Gasteiger partial charge in [-0.15, -0.1) is 0 Å². The molecule has 0 radical (unpaired) electrons. The van der Waals surface area contributed by atoms with Gasteiger partial charge in [0.2, 0.25) is 0 Å². The fourth-order valence-electron chi connectivity index (χ4n) is 1.21. The van der Waals surface area contributed by atoms with E-state index < -0.39 is 18.0 Å².